The Morgan fingerprint density at radius 2 is 1.96 bits per heavy atom. The van der Waals surface area contributed by atoms with Crippen LogP contribution in [0.4, 0.5) is 0 Å². The van der Waals surface area contributed by atoms with Gasteiger partial charge < -0.3 is 0 Å². The molecule has 0 aliphatic carbocycles. The van der Waals surface area contributed by atoms with Gasteiger partial charge in [-0.25, -0.2) is 4.98 Å². The van der Waals surface area contributed by atoms with Crippen LogP contribution in [0, 0.1) is 17.2 Å². The molecule has 0 aliphatic rings. The minimum Gasteiger partial charge on any atom is -0.287 e. The number of hydrogen-bond acceptors (Lipinski definition) is 4. The monoisotopic (exact) mass is 383 g/mol. The minimum absolute atomic E-state index is 0.0615. The predicted molar refractivity (Wildman–Crippen MR) is 107 cm³/mol. The highest BCUT2D eigenvalue weighted by Gasteiger charge is 2.13. The highest BCUT2D eigenvalue weighted by molar-refractivity contribution is 7.98. The van der Waals surface area contributed by atoms with Gasteiger partial charge in [-0.05, 0) is 41.8 Å². The van der Waals surface area contributed by atoms with Gasteiger partial charge in [0.25, 0.3) is 5.56 Å². The third kappa shape index (κ3) is 4.09. The molecule has 2 aromatic carbocycles. The lowest BCUT2D eigenvalue weighted by Gasteiger charge is -2.15. The molecule has 132 valence electrons. The second kappa shape index (κ2) is 7.94. The van der Waals surface area contributed by atoms with Crippen LogP contribution in [0.3, 0.4) is 0 Å². The van der Waals surface area contributed by atoms with Gasteiger partial charge in [-0.1, -0.05) is 49.3 Å². The van der Waals surface area contributed by atoms with Gasteiger partial charge in [0.1, 0.15) is 0 Å². The van der Waals surface area contributed by atoms with E-state index in [2.05, 4.69) is 19.9 Å². The summed E-state index contributed by atoms with van der Waals surface area (Å²) in [6.45, 7) is 4.75. The van der Waals surface area contributed by atoms with E-state index in [0.717, 1.165) is 5.56 Å². The largest absolute Gasteiger partial charge is 0.287 e. The third-order valence-electron chi connectivity index (χ3n) is 3.88. The first kappa shape index (κ1) is 18.5. The summed E-state index contributed by atoms with van der Waals surface area (Å²) in [5.41, 5.74) is 2.31. The first-order chi connectivity index (χ1) is 12.5. The van der Waals surface area contributed by atoms with Crippen molar-refractivity contribution in [2.45, 2.75) is 31.3 Å². The van der Waals surface area contributed by atoms with E-state index in [1.54, 1.807) is 34.9 Å². The number of nitrogens with zero attached hydrogens (tertiary/aromatic N) is 3. The molecule has 0 saturated heterocycles. The molecule has 1 aromatic heterocycles. The number of nitriles is 1. The fraction of sp³-hybridized carbons (Fsp3) is 0.250. The molecular weight excluding hydrogens is 366 g/mol. The van der Waals surface area contributed by atoms with Gasteiger partial charge in [-0.15, -0.1) is 0 Å². The van der Waals surface area contributed by atoms with Gasteiger partial charge >= 0.3 is 0 Å². The molecule has 0 atom stereocenters. The van der Waals surface area contributed by atoms with Crippen molar-refractivity contribution in [3.63, 3.8) is 0 Å². The molecule has 1 heterocycles. The summed E-state index contributed by atoms with van der Waals surface area (Å²) < 4.78 is 1.73. The molecule has 0 spiro atoms. The normalized spacial score (nSPS) is 11.0. The molecule has 0 amide bonds. The van der Waals surface area contributed by atoms with E-state index >= 15 is 0 Å². The Kier molecular flexibility index (Phi) is 5.65. The lowest BCUT2D eigenvalue weighted by Crippen LogP contribution is -2.25. The molecule has 4 nitrogen and oxygen atoms in total. The Balaban J connectivity index is 1.98. The zero-order valence-corrected chi connectivity index (χ0v) is 16.1. The molecule has 3 rings (SSSR count). The average molecular weight is 384 g/mol. The van der Waals surface area contributed by atoms with Crippen molar-refractivity contribution in [2.24, 2.45) is 5.92 Å². The van der Waals surface area contributed by atoms with Crippen LogP contribution in [-0.2, 0) is 12.3 Å². The molecule has 3 aromatic rings. The molecule has 26 heavy (non-hydrogen) atoms. The molecule has 0 saturated carbocycles. The van der Waals surface area contributed by atoms with Crippen LogP contribution in [0.15, 0.2) is 52.4 Å². The van der Waals surface area contributed by atoms with E-state index < -0.39 is 0 Å². The maximum atomic E-state index is 12.9. The Morgan fingerprint density at radius 1 is 1.23 bits per heavy atom. The van der Waals surface area contributed by atoms with E-state index in [4.69, 9.17) is 21.8 Å². The van der Waals surface area contributed by atoms with Gasteiger partial charge in [0, 0.05) is 17.3 Å². The summed E-state index contributed by atoms with van der Waals surface area (Å²) in [4.78, 5) is 17.6. The number of halogens is 1. The number of fused-ring (bicyclic) bond motifs is 1. The van der Waals surface area contributed by atoms with Crippen molar-refractivity contribution >= 4 is 34.3 Å². The fourth-order valence-electron chi connectivity index (χ4n) is 2.63. The standard InChI is InChI=1S/C20H18ClN3OS/c1-13(2)11-24-19(25)17-9-16(21)7-8-18(17)23-20(24)26-12-15-5-3-14(10-22)4-6-15/h3-9,13H,11-12H2,1-2H3. The molecule has 0 radical (unpaired) electrons. The Morgan fingerprint density at radius 3 is 2.62 bits per heavy atom. The van der Waals surface area contributed by atoms with Crippen LogP contribution in [0.2, 0.25) is 5.02 Å². The summed E-state index contributed by atoms with van der Waals surface area (Å²) in [6, 6.07) is 14.8. The van der Waals surface area contributed by atoms with E-state index in [1.165, 1.54) is 11.8 Å². The van der Waals surface area contributed by atoms with Crippen molar-refractivity contribution in [1.82, 2.24) is 9.55 Å². The van der Waals surface area contributed by atoms with Gasteiger partial charge in [0.15, 0.2) is 5.16 Å². The zero-order valence-electron chi connectivity index (χ0n) is 14.6. The van der Waals surface area contributed by atoms with Crippen molar-refractivity contribution in [1.29, 1.82) is 5.26 Å². The SMILES string of the molecule is CC(C)Cn1c(SCc2ccc(C#N)cc2)nc2ccc(Cl)cc2c1=O. The Hall–Kier alpha value is -2.29. The maximum Gasteiger partial charge on any atom is 0.262 e. The van der Waals surface area contributed by atoms with Crippen LogP contribution >= 0.6 is 23.4 Å². The second-order valence-electron chi connectivity index (χ2n) is 6.46. The molecular formula is C20H18ClN3OS. The van der Waals surface area contributed by atoms with Crippen LogP contribution in [0.25, 0.3) is 10.9 Å². The van der Waals surface area contributed by atoms with Crippen molar-refractivity contribution in [2.75, 3.05) is 0 Å². The maximum absolute atomic E-state index is 12.9. The zero-order chi connectivity index (χ0) is 18.7. The van der Waals surface area contributed by atoms with Crippen molar-refractivity contribution in [3.05, 3.63) is 69.0 Å². The molecule has 0 fully saturated rings. The third-order valence-corrected chi connectivity index (χ3v) is 5.16. The van der Waals surface area contributed by atoms with Crippen LogP contribution in [-0.4, -0.2) is 9.55 Å². The summed E-state index contributed by atoms with van der Waals surface area (Å²) >= 11 is 7.58. The van der Waals surface area contributed by atoms with Crippen LogP contribution in [0.1, 0.15) is 25.0 Å². The first-order valence-electron chi connectivity index (χ1n) is 8.30. The van der Waals surface area contributed by atoms with Crippen LogP contribution in [0.5, 0.6) is 0 Å². The summed E-state index contributed by atoms with van der Waals surface area (Å²) in [5, 5.41) is 10.7. The topological polar surface area (TPSA) is 58.7 Å². The van der Waals surface area contributed by atoms with E-state index in [0.29, 0.717) is 44.9 Å². The predicted octanol–water partition coefficient (Wildman–Crippen LogP) is 4.87. The number of hydrogen-bond donors (Lipinski definition) is 0. The van der Waals surface area contributed by atoms with Crippen molar-refractivity contribution in [3.8, 4) is 6.07 Å². The smallest absolute Gasteiger partial charge is 0.262 e. The second-order valence-corrected chi connectivity index (χ2v) is 7.84. The lowest BCUT2D eigenvalue weighted by molar-refractivity contribution is 0.475. The number of benzene rings is 2. The molecule has 6 heteroatoms. The van der Waals surface area contributed by atoms with Gasteiger partial charge in [-0.3, -0.25) is 9.36 Å². The Labute approximate surface area is 161 Å². The number of aromatic nitrogens is 2. The summed E-state index contributed by atoms with van der Waals surface area (Å²) in [5.74, 6) is 0.996. The van der Waals surface area contributed by atoms with E-state index in [9.17, 15) is 4.79 Å². The minimum atomic E-state index is -0.0615. The highest BCUT2D eigenvalue weighted by atomic mass is 35.5. The van der Waals surface area contributed by atoms with E-state index in [1.807, 2.05) is 12.1 Å². The highest BCUT2D eigenvalue weighted by Crippen LogP contribution is 2.24. The number of thioether (sulfide) groups is 1. The summed E-state index contributed by atoms with van der Waals surface area (Å²) in [6.07, 6.45) is 0. The van der Waals surface area contributed by atoms with Crippen LogP contribution < -0.4 is 5.56 Å². The van der Waals surface area contributed by atoms with Gasteiger partial charge in [-0.2, -0.15) is 5.26 Å². The average Bonchev–Trinajstić information content (AvgIpc) is 2.63. The first-order valence-corrected chi connectivity index (χ1v) is 9.66. The molecule has 0 aliphatic heterocycles. The Bertz CT molecular complexity index is 1040. The lowest BCUT2D eigenvalue weighted by atomic mass is 10.2. The quantitative estimate of drug-likeness (QED) is 0.466. The number of rotatable bonds is 5. The molecule has 0 N–H and O–H groups in total. The molecule has 0 bridgehead atoms. The van der Waals surface area contributed by atoms with Gasteiger partial charge in [0.05, 0.1) is 22.5 Å². The van der Waals surface area contributed by atoms with E-state index in [-0.39, 0.29) is 5.56 Å². The fourth-order valence-corrected chi connectivity index (χ4v) is 3.77. The van der Waals surface area contributed by atoms with Gasteiger partial charge in [0.2, 0.25) is 0 Å². The summed E-state index contributed by atoms with van der Waals surface area (Å²) in [7, 11) is 0. The molecule has 0 unspecified atom stereocenters. The van der Waals surface area contributed by atoms with Crippen molar-refractivity contribution < 1.29 is 0 Å².